The number of ether oxygens (including phenoxy) is 3. The molecule has 0 bridgehead atoms. The van der Waals surface area contributed by atoms with E-state index < -0.39 is 0 Å². The molecule has 0 spiro atoms. The normalized spacial score (nSPS) is 15.0. The van der Waals surface area contributed by atoms with Crippen molar-refractivity contribution in [3.05, 3.63) is 48.7 Å². The van der Waals surface area contributed by atoms with Gasteiger partial charge in [0.25, 0.3) is 0 Å². The molecule has 0 saturated heterocycles. The van der Waals surface area contributed by atoms with Crippen molar-refractivity contribution in [1.82, 2.24) is 4.57 Å². The van der Waals surface area contributed by atoms with Gasteiger partial charge in [-0.3, -0.25) is 0 Å². The molecule has 0 amide bonds. The topological polar surface area (TPSA) is 36.5 Å². The number of aromatic nitrogens is 2. The number of hydrogen-bond acceptors (Lipinski definition) is 4. The molecule has 26 heavy (non-hydrogen) atoms. The van der Waals surface area contributed by atoms with Crippen molar-refractivity contribution in [3.8, 4) is 34.2 Å². The molecule has 0 unspecified atom stereocenters. The molecule has 0 N–H and O–H groups in total. The van der Waals surface area contributed by atoms with Crippen molar-refractivity contribution in [1.29, 1.82) is 0 Å². The van der Waals surface area contributed by atoms with Crippen LogP contribution in [0.5, 0.6) is 17.2 Å². The molecular formula is C20H19N2O3S+. The van der Waals surface area contributed by atoms with Crippen molar-refractivity contribution in [2.75, 3.05) is 26.1 Å². The molecule has 3 heterocycles. The van der Waals surface area contributed by atoms with Crippen LogP contribution >= 0.6 is 11.8 Å². The highest BCUT2D eigenvalue weighted by Gasteiger charge is 2.31. The minimum absolute atomic E-state index is 0.602. The van der Waals surface area contributed by atoms with Gasteiger partial charge in [0.2, 0.25) is 0 Å². The lowest BCUT2D eigenvalue weighted by Gasteiger charge is -2.18. The summed E-state index contributed by atoms with van der Waals surface area (Å²) in [6, 6.07) is 14.4. The maximum absolute atomic E-state index is 5.76. The van der Waals surface area contributed by atoms with Gasteiger partial charge < -0.3 is 14.2 Å². The molecule has 2 aliphatic heterocycles. The lowest BCUT2D eigenvalue weighted by Crippen LogP contribution is -2.33. The second kappa shape index (κ2) is 6.29. The first-order valence-corrected chi connectivity index (χ1v) is 9.64. The van der Waals surface area contributed by atoms with E-state index in [-0.39, 0.29) is 0 Å². The lowest BCUT2D eigenvalue weighted by atomic mass is 10.1. The van der Waals surface area contributed by atoms with Gasteiger partial charge in [0, 0.05) is 11.3 Å². The summed E-state index contributed by atoms with van der Waals surface area (Å²) >= 11 is 1.88. The SMILES string of the molecule is COc1ccc(-n2cc(-c3ccc4c(c3)OCCO4)[n+]3c2SCC3)cc1. The van der Waals surface area contributed by atoms with Gasteiger partial charge in [0.15, 0.2) is 17.2 Å². The summed E-state index contributed by atoms with van der Waals surface area (Å²) in [4.78, 5) is 0. The highest BCUT2D eigenvalue weighted by molar-refractivity contribution is 7.99. The molecule has 0 aliphatic carbocycles. The Balaban J connectivity index is 1.60. The predicted octanol–water partition coefficient (Wildman–Crippen LogP) is 3.32. The fourth-order valence-electron chi connectivity index (χ4n) is 3.43. The zero-order chi connectivity index (χ0) is 17.5. The summed E-state index contributed by atoms with van der Waals surface area (Å²) in [6.07, 6.45) is 2.20. The number of imidazole rings is 1. The van der Waals surface area contributed by atoms with E-state index in [9.17, 15) is 0 Å². The number of methoxy groups -OCH3 is 1. The van der Waals surface area contributed by atoms with Crippen LogP contribution in [-0.2, 0) is 6.54 Å². The molecule has 0 fully saturated rings. The van der Waals surface area contributed by atoms with E-state index in [4.69, 9.17) is 14.2 Å². The van der Waals surface area contributed by atoms with Crippen LogP contribution in [0.4, 0.5) is 0 Å². The van der Waals surface area contributed by atoms with Gasteiger partial charge >= 0.3 is 5.16 Å². The predicted molar refractivity (Wildman–Crippen MR) is 99.7 cm³/mol. The molecule has 6 heteroatoms. The standard InChI is InChI=1S/C20H19N2O3S/c1-23-16-5-3-15(4-6-16)22-13-17(21-8-11-26-20(21)22)14-2-7-18-19(12-14)25-10-9-24-18/h2-7,12-13H,8-11H2,1H3/q+1. The Hall–Kier alpha value is -2.60. The van der Waals surface area contributed by atoms with Gasteiger partial charge in [-0.15, -0.1) is 0 Å². The van der Waals surface area contributed by atoms with E-state index in [0.29, 0.717) is 13.2 Å². The minimum Gasteiger partial charge on any atom is -0.497 e. The van der Waals surface area contributed by atoms with Crippen LogP contribution < -0.4 is 18.8 Å². The molecule has 5 nitrogen and oxygen atoms in total. The highest BCUT2D eigenvalue weighted by atomic mass is 32.2. The smallest absolute Gasteiger partial charge is 0.323 e. The van der Waals surface area contributed by atoms with Gasteiger partial charge in [-0.05, 0) is 54.2 Å². The second-order valence-corrected chi connectivity index (χ2v) is 7.29. The molecule has 3 aromatic rings. The number of nitrogens with zero attached hydrogens (tertiary/aromatic N) is 2. The summed E-state index contributed by atoms with van der Waals surface area (Å²) in [6.45, 7) is 2.22. The van der Waals surface area contributed by atoms with Crippen molar-refractivity contribution < 1.29 is 18.8 Å². The van der Waals surface area contributed by atoms with E-state index in [0.717, 1.165) is 40.8 Å². The highest BCUT2D eigenvalue weighted by Crippen LogP contribution is 2.36. The van der Waals surface area contributed by atoms with Crippen LogP contribution in [-0.4, -0.2) is 30.6 Å². The van der Waals surface area contributed by atoms with E-state index in [1.165, 1.54) is 10.9 Å². The van der Waals surface area contributed by atoms with Gasteiger partial charge in [-0.2, -0.15) is 4.57 Å². The quantitative estimate of drug-likeness (QED) is 0.666. The third-order valence-electron chi connectivity index (χ3n) is 4.71. The van der Waals surface area contributed by atoms with Gasteiger partial charge in [0.1, 0.15) is 37.4 Å². The van der Waals surface area contributed by atoms with E-state index >= 15 is 0 Å². The maximum Gasteiger partial charge on any atom is 0.323 e. The number of benzene rings is 2. The fourth-order valence-corrected chi connectivity index (χ4v) is 4.53. The first-order chi connectivity index (χ1) is 12.8. The van der Waals surface area contributed by atoms with Crippen LogP contribution in [0.2, 0.25) is 0 Å². The van der Waals surface area contributed by atoms with E-state index in [1.807, 2.05) is 30.0 Å². The zero-order valence-electron chi connectivity index (χ0n) is 14.5. The maximum atomic E-state index is 5.76. The molecular weight excluding hydrogens is 348 g/mol. The number of thioether (sulfide) groups is 1. The van der Waals surface area contributed by atoms with E-state index in [1.54, 1.807) is 7.11 Å². The van der Waals surface area contributed by atoms with Gasteiger partial charge in [-0.1, -0.05) is 0 Å². The summed E-state index contributed by atoms with van der Waals surface area (Å²) < 4.78 is 21.3. The fraction of sp³-hybridized carbons (Fsp3) is 0.250. The summed E-state index contributed by atoms with van der Waals surface area (Å²) in [5, 5.41) is 1.25. The largest absolute Gasteiger partial charge is 0.497 e. The van der Waals surface area contributed by atoms with Crippen LogP contribution in [0.3, 0.4) is 0 Å². The van der Waals surface area contributed by atoms with Crippen LogP contribution in [0.1, 0.15) is 0 Å². The van der Waals surface area contributed by atoms with Crippen molar-refractivity contribution in [2.24, 2.45) is 0 Å². The number of hydrogen-bond donors (Lipinski definition) is 0. The molecule has 2 aliphatic rings. The zero-order valence-corrected chi connectivity index (χ0v) is 15.3. The minimum atomic E-state index is 0.602. The monoisotopic (exact) mass is 367 g/mol. The average molecular weight is 367 g/mol. The summed E-state index contributed by atoms with van der Waals surface area (Å²) in [5.41, 5.74) is 3.47. The average Bonchev–Trinajstić information content (AvgIpc) is 3.30. The Bertz CT molecular complexity index is 966. The third-order valence-corrected chi connectivity index (χ3v) is 5.78. The Morgan fingerprint density at radius 3 is 2.65 bits per heavy atom. The molecule has 132 valence electrons. The Kier molecular flexibility index (Phi) is 3.78. The molecule has 1 aromatic heterocycles. The molecule has 0 atom stereocenters. The number of rotatable bonds is 3. The molecule has 0 radical (unpaired) electrons. The van der Waals surface area contributed by atoms with Crippen molar-refractivity contribution in [3.63, 3.8) is 0 Å². The van der Waals surface area contributed by atoms with Gasteiger partial charge in [-0.25, -0.2) is 4.57 Å². The third kappa shape index (κ3) is 2.52. The Labute approximate surface area is 156 Å². The first kappa shape index (κ1) is 15.6. The summed E-state index contributed by atoms with van der Waals surface area (Å²) in [5.74, 6) is 3.60. The molecule has 2 aromatic carbocycles. The van der Waals surface area contributed by atoms with Crippen molar-refractivity contribution in [2.45, 2.75) is 11.7 Å². The second-order valence-electron chi connectivity index (χ2n) is 6.22. The Morgan fingerprint density at radius 1 is 1.04 bits per heavy atom. The lowest BCUT2D eigenvalue weighted by molar-refractivity contribution is -0.713. The first-order valence-electron chi connectivity index (χ1n) is 8.66. The van der Waals surface area contributed by atoms with E-state index in [2.05, 4.69) is 39.6 Å². The summed E-state index contributed by atoms with van der Waals surface area (Å²) in [7, 11) is 1.69. The molecule has 0 saturated carbocycles. The van der Waals surface area contributed by atoms with Crippen LogP contribution in [0.15, 0.2) is 53.8 Å². The van der Waals surface area contributed by atoms with Crippen molar-refractivity contribution >= 4 is 11.8 Å². The number of fused-ring (bicyclic) bond motifs is 2. The van der Waals surface area contributed by atoms with Crippen LogP contribution in [0, 0.1) is 0 Å². The van der Waals surface area contributed by atoms with Crippen LogP contribution in [0.25, 0.3) is 16.9 Å². The molecule has 5 rings (SSSR count). The van der Waals surface area contributed by atoms with Gasteiger partial charge in [0.05, 0.1) is 7.11 Å². The Morgan fingerprint density at radius 2 is 1.85 bits per heavy atom.